The second kappa shape index (κ2) is 8.42. The predicted octanol–water partition coefficient (Wildman–Crippen LogP) is 3.13. The van der Waals surface area contributed by atoms with Crippen LogP contribution in [0.15, 0.2) is 0 Å². The van der Waals surface area contributed by atoms with Crippen molar-refractivity contribution in [2.75, 3.05) is 14.1 Å². The summed E-state index contributed by atoms with van der Waals surface area (Å²) in [6.45, 7) is 0. The lowest BCUT2D eigenvalue weighted by molar-refractivity contribution is -0.164. The summed E-state index contributed by atoms with van der Waals surface area (Å²) in [7, 11) is 4.40. The molecule has 4 aliphatic heterocycles. The molecule has 4 unspecified atom stereocenters. The van der Waals surface area contributed by atoms with Gasteiger partial charge in [0.15, 0.2) is 0 Å². The smallest absolute Gasteiger partial charge is 0.309 e. The highest BCUT2D eigenvalue weighted by molar-refractivity contribution is 5.76. The zero-order valence-electron chi connectivity index (χ0n) is 18.6. The number of carbonyl (C=O) groups is 2. The molecule has 0 aromatic carbocycles. The van der Waals surface area contributed by atoms with Crippen molar-refractivity contribution in [2.45, 2.75) is 113 Å². The largest absolute Gasteiger partial charge is 0.462 e. The minimum atomic E-state index is -0.137. The number of rotatable bonds is 4. The molecular formula is C24H38N2O4. The molecule has 6 nitrogen and oxygen atoms in total. The van der Waals surface area contributed by atoms with Gasteiger partial charge in [-0.3, -0.25) is 9.59 Å². The van der Waals surface area contributed by atoms with E-state index >= 15 is 0 Å². The van der Waals surface area contributed by atoms with Crippen molar-refractivity contribution in [3.8, 4) is 0 Å². The van der Waals surface area contributed by atoms with Gasteiger partial charge >= 0.3 is 11.9 Å². The fourth-order valence-corrected chi connectivity index (χ4v) is 7.05. The summed E-state index contributed by atoms with van der Waals surface area (Å²) in [5.41, 5.74) is 0. The average Bonchev–Trinajstić information content (AvgIpc) is 3.07. The van der Waals surface area contributed by atoms with E-state index in [1.54, 1.807) is 0 Å². The van der Waals surface area contributed by atoms with Crippen molar-refractivity contribution in [3.63, 3.8) is 0 Å². The highest BCUT2D eigenvalue weighted by Crippen LogP contribution is 2.39. The van der Waals surface area contributed by atoms with Gasteiger partial charge < -0.3 is 19.3 Å². The topological polar surface area (TPSA) is 59.1 Å². The van der Waals surface area contributed by atoms with E-state index in [4.69, 9.17) is 9.47 Å². The molecule has 0 aromatic rings. The number of nitrogens with zero attached hydrogens (tertiary/aromatic N) is 2. The maximum atomic E-state index is 12.9. The summed E-state index contributed by atoms with van der Waals surface area (Å²) in [6.07, 6.45) is 12.1. The van der Waals surface area contributed by atoms with E-state index in [0.29, 0.717) is 30.6 Å². The second-order valence-corrected chi connectivity index (χ2v) is 10.7. The van der Waals surface area contributed by atoms with Crippen molar-refractivity contribution in [2.24, 2.45) is 11.8 Å². The van der Waals surface area contributed by atoms with Crippen molar-refractivity contribution < 1.29 is 19.1 Å². The Morgan fingerprint density at radius 2 is 0.967 bits per heavy atom. The molecule has 0 radical (unpaired) electrons. The fraction of sp³-hybridized carbons (Fsp3) is 0.917. The van der Waals surface area contributed by atoms with Gasteiger partial charge in [-0.2, -0.15) is 0 Å². The van der Waals surface area contributed by atoms with E-state index in [1.165, 1.54) is 25.7 Å². The molecule has 30 heavy (non-hydrogen) atoms. The van der Waals surface area contributed by atoms with Crippen LogP contribution in [0, 0.1) is 11.8 Å². The Labute approximate surface area is 180 Å². The van der Waals surface area contributed by atoms with Crippen molar-refractivity contribution in [1.29, 1.82) is 0 Å². The van der Waals surface area contributed by atoms with Crippen molar-refractivity contribution >= 4 is 11.9 Å². The van der Waals surface area contributed by atoms with E-state index < -0.39 is 0 Å². The summed E-state index contributed by atoms with van der Waals surface area (Å²) in [4.78, 5) is 30.7. The van der Waals surface area contributed by atoms with Gasteiger partial charge in [0.2, 0.25) is 0 Å². The summed E-state index contributed by atoms with van der Waals surface area (Å²) in [5.74, 6) is -0.415. The average molecular weight is 419 g/mol. The van der Waals surface area contributed by atoms with Gasteiger partial charge in [-0.05, 0) is 84.7 Å². The Bertz CT molecular complexity index is 588. The number of hydrogen-bond donors (Lipinski definition) is 0. The normalized spacial score (nSPS) is 44.1. The molecule has 4 heterocycles. The number of fused-ring (bicyclic) bond motifs is 4. The maximum Gasteiger partial charge on any atom is 0.309 e. The summed E-state index contributed by atoms with van der Waals surface area (Å²) >= 11 is 0. The molecule has 6 heteroatoms. The van der Waals surface area contributed by atoms with Crippen LogP contribution in [0.25, 0.3) is 0 Å². The molecule has 1 saturated carbocycles. The first-order valence-corrected chi connectivity index (χ1v) is 12.3. The third-order valence-corrected chi connectivity index (χ3v) is 9.02. The van der Waals surface area contributed by atoms with Crippen LogP contribution in [0.3, 0.4) is 0 Å². The van der Waals surface area contributed by atoms with Crippen LogP contribution >= 0.6 is 0 Å². The molecule has 5 rings (SSSR count). The second-order valence-electron chi connectivity index (χ2n) is 10.7. The van der Waals surface area contributed by atoms with Gasteiger partial charge in [0.25, 0.3) is 0 Å². The summed E-state index contributed by atoms with van der Waals surface area (Å²) < 4.78 is 11.9. The van der Waals surface area contributed by atoms with E-state index in [0.717, 1.165) is 44.9 Å². The zero-order chi connectivity index (χ0) is 20.8. The van der Waals surface area contributed by atoms with Crippen LogP contribution in [0.1, 0.15) is 77.0 Å². The first kappa shape index (κ1) is 20.7. The number of piperidine rings is 2. The van der Waals surface area contributed by atoms with Crippen LogP contribution in [0.4, 0.5) is 0 Å². The Morgan fingerprint density at radius 3 is 1.33 bits per heavy atom. The standard InChI is InChI=1S/C24H38N2O4/c1-25-17-6-7-18(25)12-21(11-17)29-23(27)15-4-3-5-16(10-15)24(28)30-22-13-19-8-9-20(14-22)26(19)2/h15-22H,3-14H2,1-2H3/t15?,16?,17-,18+,19-,20+,21?,22?. The minimum Gasteiger partial charge on any atom is -0.462 e. The first-order chi connectivity index (χ1) is 14.5. The number of ether oxygens (including phenoxy) is 2. The Morgan fingerprint density at radius 1 is 0.600 bits per heavy atom. The molecule has 0 aromatic heterocycles. The number of carbonyl (C=O) groups excluding carboxylic acids is 2. The van der Waals surface area contributed by atoms with Crippen LogP contribution in [-0.2, 0) is 19.1 Å². The lowest BCUT2D eigenvalue weighted by atomic mass is 9.81. The van der Waals surface area contributed by atoms with Gasteiger partial charge in [-0.1, -0.05) is 6.42 Å². The van der Waals surface area contributed by atoms with Crippen LogP contribution in [-0.4, -0.2) is 72.2 Å². The molecule has 5 aliphatic rings. The zero-order valence-corrected chi connectivity index (χ0v) is 18.6. The molecule has 4 bridgehead atoms. The highest BCUT2D eigenvalue weighted by Gasteiger charge is 2.43. The Balaban J connectivity index is 1.11. The van der Waals surface area contributed by atoms with Crippen LogP contribution in [0.5, 0.6) is 0 Å². The van der Waals surface area contributed by atoms with E-state index in [9.17, 15) is 9.59 Å². The Kier molecular flexibility index (Phi) is 5.82. The highest BCUT2D eigenvalue weighted by atomic mass is 16.5. The predicted molar refractivity (Wildman–Crippen MR) is 113 cm³/mol. The first-order valence-electron chi connectivity index (χ1n) is 12.3. The number of hydrogen-bond acceptors (Lipinski definition) is 6. The molecule has 4 saturated heterocycles. The van der Waals surface area contributed by atoms with Gasteiger partial charge in [0.1, 0.15) is 12.2 Å². The maximum absolute atomic E-state index is 12.9. The number of esters is 2. The monoisotopic (exact) mass is 418 g/mol. The molecule has 8 atom stereocenters. The van der Waals surface area contributed by atoms with E-state index in [-0.39, 0.29) is 36.0 Å². The van der Waals surface area contributed by atoms with Crippen molar-refractivity contribution in [1.82, 2.24) is 9.80 Å². The molecule has 168 valence electrons. The Hall–Kier alpha value is -1.14. The molecule has 0 amide bonds. The van der Waals surface area contributed by atoms with E-state index in [1.807, 2.05) is 0 Å². The van der Waals surface area contributed by atoms with Gasteiger partial charge in [-0.25, -0.2) is 0 Å². The molecule has 1 aliphatic carbocycles. The fourth-order valence-electron chi connectivity index (χ4n) is 7.05. The van der Waals surface area contributed by atoms with Crippen molar-refractivity contribution in [3.05, 3.63) is 0 Å². The molecule has 5 fully saturated rings. The molecule has 0 N–H and O–H groups in total. The summed E-state index contributed by atoms with van der Waals surface area (Å²) in [6, 6.07) is 2.28. The minimum absolute atomic E-state index is 0.0632. The lowest BCUT2D eigenvalue weighted by Crippen LogP contribution is -2.44. The third kappa shape index (κ3) is 4.02. The quantitative estimate of drug-likeness (QED) is 0.654. The molecule has 0 spiro atoms. The van der Waals surface area contributed by atoms with Crippen LogP contribution < -0.4 is 0 Å². The SMILES string of the molecule is CN1[C@@H]2CC[C@H]1CC(OC(=O)C1CCCC(C(=O)OC3C[C@H]4CC[C@@H](C3)N4C)C1)C2. The van der Waals surface area contributed by atoms with Crippen LogP contribution in [0.2, 0.25) is 0 Å². The van der Waals surface area contributed by atoms with Gasteiger partial charge in [0.05, 0.1) is 11.8 Å². The lowest BCUT2D eigenvalue weighted by Gasteiger charge is -2.37. The van der Waals surface area contributed by atoms with Gasteiger partial charge in [-0.15, -0.1) is 0 Å². The van der Waals surface area contributed by atoms with E-state index in [2.05, 4.69) is 23.9 Å². The molecular weight excluding hydrogens is 380 g/mol. The third-order valence-electron chi connectivity index (χ3n) is 9.02. The summed E-state index contributed by atoms with van der Waals surface area (Å²) in [5, 5.41) is 0. The van der Waals surface area contributed by atoms with Gasteiger partial charge in [0, 0.05) is 24.2 Å².